The molecule has 4 saturated carbocycles. The molecule has 0 bridgehead atoms. The van der Waals surface area contributed by atoms with Crippen molar-refractivity contribution < 1.29 is 9.18 Å². The van der Waals surface area contributed by atoms with Gasteiger partial charge >= 0.3 is 0 Å². The monoisotopic (exact) mass is 320 g/mol. The van der Waals surface area contributed by atoms with E-state index in [0.29, 0.717) is 23.0 Å². The first-order valence-corrected chi connectivity index (χ1v) is 10.0. The summed E-state index contributed by atoms with van der Waals surface area (Å²) >= 11 is 0. The molecule has 4 aliphatic rings. The zero-order valence-electron chi connectivity index (χ0n) is 15.1. The van der Waals surface area contributed by atoms with Crippen LogP contribution in [-0.2, 0) is 4.79 Å². The molecule has 0 aromatic rings. The normalized spacial score (nSPS) is 55.7. The molecule has 0 radical (unpaired) electrons. The predicted octanol–water partition coefficient (Wildman–Crippen LogP) is 5.57. The first kappa shape index (κ1) is 16.1. The van der Waals surface area contributed by atoms with Gasteiger partial charge in [0.1, 0.15) is 12.0 Å². The third kappa shape index (κ3) is 2.19. The maximum atomic E-state index is 13.9. The summed E-state index contributed by atoms with van der Waals surface area (Å²) in [6, 6.07) is 0. The second-order valence-electron chi connectivity index (χ2n) is 9.81. The van der Waals surface area contributed by atoms with Crippen molar-refractivity contribution in [2.45, 2.75) is 84.7 Å². The number of halogens is 1. The number of hydrogen-bond donors (Lipinski definition) is 0. The Kier molecular flexibility index (Phi) is 3.71. The standard InChI is InChI=1S/C21H33FO/c1-13(23)17-6-7-18-16-5-4-14-12-15(22)8-10-20(14,2)19(16)9-11-21(17,18)3/h14-19H,4-12H2,1-3H3/t14-,15+,16-,17+,18-,19-,20-,21+/m0/s1. The van der Waals surface area contributed by atoms with Crippen molar-refractivity contribution in [3.63, 3.8) is 0 Å². The van der Waals surface area contributed by atoms with Crippen molar-refractivity contribution in [1.82, 2.24) is 0 Å². The van der Waals surface area contributed by atoms with Crippen molar-refractivity contribution in [2.75, 3.05) is 0 Å². The van der Waals surface area contributed by atoms with Crippen molar-refractivity contribution in [2.24, 2.45) is 40.4 Å². The number of rotatable bonds is 1. The van der Waals surface area contributed by atoms with Crippen LogP contribution in [0.5, 0.6) is 0 Å². The van der Waals surface area contributed by atoms with Gasteiger partial charge in [0.25, 0.3) is 0 Å². The van der Waals surface area contributed by atoms with E-state index in [1.807, 2.05) is 6.92 Å². The molecule has 4 aliphatic carbocycles. The Morgan fingerprint density at radius 2 is 1.61 bits per heavy atom. The maximum absolute atomic E-state index is 13.9. The lowest BCUT2D eigenvalue weighted by molar-refractivity contribution is -0.135. The lowest BCUT2D eigenvalue weighted by atomic mass is 9.44. The number of Topliss-reactive ketones (excluding diaryl/α,β-unsaturated/α-hetero) is 1. The van der Waals surface area contributed by atoms with E-state index in [1.54, 1.807) is 0 Å². The van der Waals surface area contributed by atoms with Gasteiger partial charge in [-0.15, -0.1) is 0 Å². The third-order valence-electron chi connectivity index (χ3n) is 9.09. The molecule has 1 nitrogen and oxygen atoms in total. The van der Waals surface area contributed by atoms with Crippen molar-refractivity contribution in [3.8, 4) is 0 Å². The van der Waals surface area contributed by atoms with Crippen molar-refractivity contribution >= 4 is 5.78 Å². The molecule has 0 saturated heterocycles. The van der Waals surface area contributed by atoms with E-state index in [4.69, 9.17) is 0 Å². The highest BCUT2D eigenvalue weighted by Gasteiger charge is 2.60. The van der Waals surface area contributed by atoms with Crippen LogP contribution in [0.2, 0.25) is 0 Å². The van der Waals surface area contributed by atoms with E-state index >= 15 is 0 Å². The number of ketones is 1. The summed E-state index contributed by atoms with van der Waals surface area (Å²) in [5.74, 6) is 3.68. The molecule has 4 fully saturated rings. The fourth-order valence-electron chi connectivity index (χ4n) is 7.87. The minimum absolute atomic E-state index is 0.257. The van der Waals surface area contributed by atoms with Gasteiger partial charge in [0.15, 0.2) is 0 Å². The molecular formula is C21H33FO. The lowest BCUT2D eigenvalue weighted by Gasteiger charge is -2.60. The van der Waals surface area contributed by atoms with E-state index in [1.165, 1.54) is 32.1 Å². The van der Waals surface area contributed by atoms with E-state index in [2.05, 4.69) is 13.8 Å². The smallest absolute Gasteiger partial charge is 0.133 e. The zero-order chi connectivity index (χ0) is 16.4. The van der Waals surface area contributed by atoms with Crippen LogP contribution >= 0.6 is 0 Å². The highest BCUT2D eigenvalue weighted by molar-refractivity contribution is 5.79. The molecule has 0 unspecified atom stereocenters. The highest BCUT2D eigenvalue weighted by atomic mass is 19.1. The Bertz CT molecular complexity index is 502. The maximum Gasteiger partial charge on any atom is 0.133 e. The van der Waals surface area contributed by atoms with Crippen LogP contribution in [-0.4, -0.2) is 12.0 Å². The second kappa shape index (κ2) is 5.30. The Morgan fingerprint density at radius 1 is 0.913 bits per heavy atom. The largest absolute Gasteiger partial charge is 0.300 e. The first-order valence-electron chi connectivity index (χ1n) is 10.0. The fourth-order valence-corrected chi connectivity index (χ4v) is 7.87. The van der Waals surface area contributed by atoms with Crippen LogP contribution in [0.15, 0.2) is 0 Å². The average Bonchev–Trinajstić information content (AvgIpc) is 2.85. The number of carbonyl (C=O) groups is 1. The van der Waals surface area contributed by atoms with Gasteiger partial charge in [0, 0.05) is 5.92 Å². The molecule has 0 aliphatic heterocycles. The number of alkyl halides is 1. The van der Waals surface area contributed by atoms with Crippen molar-refractivity contribution in [3.05, 3.63) is 0 Å². The van der Waals surface area contributed by atoms with Crippen molar-refractivity contribution in [1.29, 1.82) is 0 Å². The Hall–Kier alpha value is -0.400. The summed E-state index contributed by atoms with van der Waals surface area (Å²) in [7, 11) is 0. The summed E-state index contributed by atoms with van der Waals surface area (Å²) < 4.78 is 13.9. The summed E-state index contributed by atoms with van der Waals surface area (Å²) in [5.41, 5.74) is 0.634. The van der Waals surface area contributed by atoms with E-state index < -0.39 is 6.17 Å². The van der Waals surface area contributed by atoms with Crippen LogP contribution < -0.4 is 0 Å². The first-order chi connectivity index (χ1) is 10.9. The Morgan fingerprint density at radius 3 is 2.35 bits per heavy atom. The Labute approximate surface area is 140 Å². The van der Waals surface area contributed by atoms with Gasteiger partial charge < -0.3 is 0 Å². The summed E-state index contributed by atoms with van der Waals surface area (Å²) in [6.07, 6.45) is 9.56. The predicted molar refractivity (Wildman–Crippen MR) is 90.8 cm³/mol. The van der Waals surface area contributed by atoms with Gasteiger partial charge in [0.05, 0.1) is 0 Å². The molecular weight excluding hydrogens is 287 g/mol. The van der Waals surface area contributed by atoms with E-state index in [-0.39, 0.29) is 5.41 Å². The molecule has 130 valence electrons. The average molecular weight is 320 g/mol. The summed E-state index contributed by atoms with van der Waals surface area (Å²) in [5, 5.41) is 0. The van der Waals surface area contributed by atoms with E-state index in [0.717, 1.165) is 43.4 Å². The van der Waals surface area contributed by atoms with Crippen LogP contribution in [0.25, 0.3) is 0 Å². The molecule has 4 rings (SSSR count). The molecule has 0 amide bonds. The van der Waals surface area contributed by atoms with Gasteiger partial charge in [-0.25, -0.2) is 4.39 Å². The van der Waals surface area contributed by atoms with Gasteiger partial charge in [-0.05, 0) is 99.2 Å². The highest BCUT2D eigenvalue weighted by Crippen LogP contribution is 2.67. The molecule has 0 aromatic carbocycles. The molecule has 0 spiro atoms. The lowest BCUT2D eigenvalue weighted by Crippen LogP contribution is -2.54. The number of hydrogen-bond acceptors (Lipinski definition) is 1. The summed E-state index contributed by atoms with van der Waals surface area (Å²) in [4.78, 5) is 12.2. The number of fused-ring (bicyclic) bond motifs is 5. The second-order valence-corrected chi connectivity index (χ2v) is 9.81. The minimum Gasteiger partial charge on any atom is -0.300 e. The molecule has 2 heteroatoms. The molecule has 0 heterocycles. The van der Waals surface area contributed by atoms with Gasteiger partial charge in [-0.3, -0.25) is 4.79 Å². The quantitative estimate of drug-likeness (QED) is 0.617. The molecule has 0 aromatic heterocycles. The molecule has 0 N–H and O–H groups in total. The molecule has 23 heavy (non-hydrogen) atoms. The van der Waals surface area contributed by atoms with E-state index in [9.17, 15) is 9.18 Å². The molecule has 8 atom stereocenters. The van der Waals surface area contributed by atoms with Gasteiger partial charge in [-0.1, -0.05) is 13.8 Å². The SMILES string of the molecule is CC(=O)[C@H]1CC[C@H]2[C@@H]3CC[C@H]4C[C@H](F)CC[C@]4(C)[C@H]3CC[C@]12C. The van der Waals surface area contributed by atoms with Gasteiger partial charge in [0.2, 0.25) is 0 Å². The van der Waals surface area contributed by atoms with Crippen LogP contribution in [0.4, 0.5) is 4.39 Å². The van der Waals surface area contributed by atoms with Crippen LogP contribution in [0, 0.1) is 40.4 Å². The minimum atomic E-state index is -0.549. The zero-order valence-corrected chi connectivity index (χ0v) is 15.1. The number of carbonyl (C=O) groups excluding carboxylic acids is 1. The van der Waals surface area contributed by atoms with Crippen LogP contribution in [0.3, 0.4) is 0 Å². The third-order valence-corrected chi connectivity index (χ3v) is 9.09. The Balaban J connectivity index is 1.61. The topological polar surface area (TPSA) is 17.1 Å². The van der Waals surface area contributed by atoms with Crippen LogP contribution in [0.1, 0.15) is 78.6 Å². The fraction of sp³-hybridized carbons (Fsp3) is 0.952. The van der Waals surface area contributed by atoms with Gasteiger partial charge in [-0.2, -0.15) is 0 Å². The summed E-state index contributed by atoms with van der Waals surface area (Å²) in [6.45, 7) is 6.71.